The van der Waals surface area contributed by atoms with Crippen molar-refractivity contribution in [1.82, 2.24) is 0 Å². The SMILES string of the molecule is CC(C)Oc1ccc(C(N)CSC2COC2)cc1. The summed E-state index contributed by atoms with van der Waals surface area (Å²) < 4.78 is 10.8. The van der Waals surface area contributed by atoms with Crippen molar-refractivity contribution < 1.29 is 9.47 Å². The fraction of sp³-hybridized carbons (Fsp3) is 0.571. The first-order valence-electron chi connectivity index (χ1n) is 6.36. The molecule has 1 aromatic carbocycles. The molecule has 1 heterocycles. The van der Waals surface area contributed by atoms with E-state index >= 15 is 0 Å². The van der Waals surface area contributed by atoms with Crippen LogP contribution in [0, 0.1) is 0 Å². The summed E-state index contributed by atoms with van der Waals surface area (Å²) in [5.41, 5.74) is 7.34. The van der Waals surface area contributed by atoms with Gasteiger partial charge in [-0.1, -0.05) is 12.1 Å². The van der Waals surface area contributed by atoms with Crippen LogP contribution >= 0.6 is 11.8 Å². The van der Waals surface area contributed by atoms with Gasteiger partial charge in [-0.2, -0.15) is 11.8 Å². The van der Waals surface area contributed by atoms with Gasteiger partial charge in [-0.15, -0.1) is 0 Å². The maximum absolute atomic E-state index is 6.17. The van der Waals surface area contributed by atoms with Gasteiger partial charge < -0.3 is 15.2 Å². The third-order valence-electron chi connectivity index (χ3n) is 2.80. The number of rotatable bonds is 6. The Bertz CT molecular complexity index is 363. The molecule has 0 aliphatic carbocycles. The lowest BCUT2D eigenvalue weighted by atomic mass is 10.1. The van der Waals surface area contributed by atoms with Gasteiger partial charge >= 0.3 is 0 Å². The zero-order chi connectivity index (χ0) is 13.0. The molecule has 1 atom stereocenters. The minimum atomic E-state index is 0.0868. The fourth-order valence-corrected chi connectivity index (χ4v) is 2.77. The summed E-state index contributed by atoms with van der Waals surface area (Å²) in [6, 6.07) is 8.18. The Labute approximate surface area is 113 Å². The van der Waals surface area contributed by atoms with E-state index in [2.05, 4.69) is 12.1 Å². The Hall–Kier alpha value is -0.710. The Morgan fingerprint density at radius 1 is 1.33 bits per heavy atom. The molecule has 2 rings (SSSR count). The van der Waals surface area contributed by atoms with Crippen LogP contribution in [0.4, 0.5) is 0 Å². The summed E-state index contributed by atoms with van der Waals surface area (Å²) in [6.45, 7) is 5.80. The largest absolute Gasteiger partial charge is 0.491 e. The molecule has 1 saturated heterocycles. The van der Waals surface area contributed by atoms with Crippen LogP contribution in [0.25, 0.3) is 0 Å². The smallest absolute Gasteiger partial charge is 0.119 e. The molecule has 3 nitrogen and oxygen atoms in total. The second-order valence-corrected chi connectivity index (χ2v) is 6.17. The predicted molar refractivity (Wildman–Crippen MR) is 76.2 cm³/mol. The zero-order valence-corrected chi connectivity index (χ0v) is 11.8. The van der Waals surface area contributed by atoms with Crippen molar-refractivity contribution in [3.05, 3.63) is 29.8 Å². The average Bonchev–Trinajstić information content (AvgIpc) is 2.27. The molecular formula is C14H21NO2S. The molecule has 18 heavy (non-hydrogen) atoms. The maximum Gasteiger partial charge on any atom is 0.119 e. The molecule has 1 unspecified atom stereocenters. The molecule has 1 aliphatic rings. The summed E-state index contributed by atoms with van der Waals surface area (Å²) in [6.07, 6.45) is 0.207. The Morgan fingerprint density at radius 2 is 2.00 bits per heavy atom. The van der Waals surface area contributed by atoms with Gasteiger partial charge in [0.2, 0.25) is 0 Å². The number of hydrogen-bond acceptors (Lipinski definition) is 4. The molecule has 4 heteroatoms. The zero-order valence-electron chi connectivity index (χ0n) is 11.0. The monoisotopic (exact) mass is 267 g/mol. The quantitative estimate of drug-likeness (QED) is 0.860. The first kappa shape index (κ1) is 13.7. The van der Waals surface area contributed by atoms with Crippen molar-refractivity contribution in [2.45, 2.75) is 31.2 Å². The highest BCUT2D eigenvalue weighted by atomic mass is 32.2. The Morgan fingerprint density at radius 3 is 2.50 bits per heavy atom. The van der Waals surface area contributed by atoms with E-state index in [0.29, 0.717) is 5.25 Å². The lowest BCUT2D eigenvalue weighted by molar-refractivity contribution is 0.0455. The molecule has 0 radical (unpaired) electrons. The first-order chi connectivity index (χ1) is 8.65. The van der Waals surface area contributed by atoms with Crippen molar-refractivity contribution >= 4 is 11.8 Å². The third kappa shape index (κ3) is 3.90. The second-order valence-electron chi connectivity index (χ2n) is 4.83. The van der Waals surface area contributed by atoms with E-state index in [1.165, 1.54) is 5.56 Å². The first-order valence-corrected chi connectivity index (χ1v) is 7.41. The van der Waals surface area contributed by atoms with Crippen molar-refractivity contribution in [3.63, 3.8) is 0 Å². The maximum atomic E-state index is 6.17. The molecule has 1 aromatic rings. The number of thioether (sulfide) groups is 1. The summed E-state index contributed by atoms with van der Waals surface area (Å²) in [5, 5.41) is 0.639. The van der Waals surface area contributed by atoms with Crippen molar-refractivity contribution in [1.29, 1.82) is 0 Å². The van der Waals surface area contributed by atoms with Crippen LogP contribution in [0.2, 0.25) is 0 Å². The van der Waals surface area contributed by atoms with Crippen LogP contribution in [0.1, 0.15) is 25.5 Å². The molecule has 1 fully saturated rings. The molecule has 0 saturated carbocycles. The molecule has 0 aromatic heterocycles. The number of benzene rings is 1. The molecule has 100 valence electrons. The van der Waals surface area contributed by atoms with Gasteiger partial charge in [-0.3, -0.25) is 0 Å². The number of ether oxygens (including phenoxy) is 2. The average molecular weight is 267 g/mol. The van der Waals surface area contributed by atoms with Gasteiger partial charge in [0.1, 0.15) is 5.75 Å². The lowest BCUT2D eigenvalue weighted by Gasteiger charge is -2.26. The third-order valence-corrected chi connectivity index (χ3v) is 4.09. The lowest BCUT2D eigenvalue weighted by Crippen LogP contribution is -2.31. The minimum Gasteiger partial charge on any atom is -0.491 e. The molecular weight excluding hydrogens is 246 g/mol. The van der Waals surface area contributed by atoms with E-state index < -0.39 is 0 Å². The second kappa shape index (κ2) is 6.45. The van der Waals surface area contributed by atoms with Crippen molar-refractivity contribution in [2.75, 3.05) is 19.0 Å². The van der Waals surface area contributed by atoms with Gasteiger partial charge in [0.25, 0.3) is 0 Å². The Balaban J connectivity index is 1.83. The highest BCUT2D eigenvalue weighted by Gasteiger charge is 2.20. The Kier molecular flexibility index (Phi) is 4.92. The van der Waals surface area contributed by atoms with E-state index in [-0.39, 0.29) is 12.1 Å². The van der Waals surface area contributed by atoms with Gasteiger partial charge in [-0.05, 0) is 31.5 Å². The van der Waals surface area contributed by atoms with Crippen molar-refractivity contribution in [2.24, 2.45) is 5.73 Å². The van der Waals surface area contributed by atoms with Crippen LogP contribution in [-0.4, -0.2) is 30.3 Å². The van der Waals surface area contributed by atoms with E-state index in [0.717, 1.165) is 24.7 Å². The van der Waals surface area contributed by atoms with Gasteiger partial charge in [0.15, 0.2) is 0 Å². The number of hydrogen-bond donors (Lipinski definition) is 1. The van der Waals surface area contributed by atoms with Crippen molar-refractivity contribution in [3.8, 4) is 5.75 Å². The molecule has 1 aliphatic heterocycles. The van der Waals surface area contributed by atoms with Gasteiger partial charge in [-0.25, -0.2) is 0 Å². The minimum absolute atomic E-state index is 0.0868. The van der Waals surface area contributed by atoms with Crippen LogP contribution in [-0.2, 0) is 4.74 Å². The molecule has 0 spiro atoms. The number of nitrogens with two attached hydrogens (primary N) is 1. The van der Waals surface area contributed by atoms with Gasteiger partial charge in [0, 0.05) is 11.8 Å². The fourth-order valence-electron chi connectivity index (χ4n) is 1.71. The van der Waals surface area contributed by atoms with E-state index in [1.54, 1.807) is 0 Å². The highest BCUT2D eigenvalue weighted by Crippen LogP contribution is 2.25. The topological polar surface area (TPSA) is 44.5 Å². The van der Waals surface area contributed by atoms with E-state index in [9.17, 15) is 0 Å². The molecule has 0 amide bonds. The predicted octanol–water partition coefficient (Wildman–Crippen LogP) is 2.61. The van der Waals surface area contributed by atoms with Crippen LogP contribution in [0.5, 0.6) is 5.75 Å². The summed E-state index contributed by atoms with van der Waals surface area (Å²) in [5.74, 6) is 1.85. The standard InChI is InChI=1S/C14H21NO2S/c1-10(2)17-12-5-3-11(4-6-12)14(15)9-18-13-7-16-8-13/h3-6,10,13-14H,7-9,15H2,1-2H3. The summed E-state index contributed by atoms with van der Waals surface area (Å²) in [4.78, 5) is 0. The van der Waals surface area contributed by atoms with E-state index in [1.807, 2.05) is 37.7 Å². The molecule has 2 N–H and O–H groups in total. The summed E-state index contributed by atoms with van der Waals surface area (Å²) in [7, 11) is 0. The summed E-state index contributed by atoms with van der Waals surface area (Å²) >= 11 is 1.90. The highest BCUT2D eigenvalue weighted by molar-refractivity contribution is 8.00. The normalized spacial score (nSPS) is 17.6. The van der Waals surface area contributed by atoms with Crippen LogP contribution in [0.3, 0.4) is 0 Å². The van der Waals surface area contributed by atoms with E-state index in [4.69, 9.17) is 15.2 Å². The van der Waals surface area contributed by atoms with Crippen LogP contribution < -0.4 is 10.5 Å². The molecule has 0 bridgehead atoms. The van der Waals surface area contributed by atoms with Gasteiger partial charge in [0.05, 0.1) is 24.6 Å². The van der Waals surface area contributed by atoms with Crippen LogP contribution in [0.15, 0.2) is 24.3 Å².